The van der Waals surface area contributed by atoms with Gasteiger partial charge in [0.2, 0.25) is 0 Å². The lowest BCUT2D eigenvalue weighted by atomic mass is 10.2. The highest BCUT2D eigenvalue weighted by Crippen LogP contribution is 2.18. The van der Waals surface area contributed by atoms with Crippen LogP contribution in [0.2, 0.25) is 0 Å². The lowest BCUT2D eigenvalue weighted by Crippen LogP contribution is -1.88. The molecule has 1 aromatic heterocycles. The number of tetrazole rings is 1. The van der Waals surface area contributed by atoms with E-state index in [2.05, 4.69) is 20.6 Å². The molecule has 66 valence electrons. The number of aromatic nitrogens is 4. The van der Waals surface area contributed by atoms with Crippen LogP contribution < -0.4 is 0 Å². The molecule has 0 bridgehead atoms. The first-order chi connectivity index (χ1) is 6.27. The third-order valence-corrected chi connectivity index (χ3v) is 1.53. The monoisotopic (exact) mass is 182 g/mol. The summed E-state index contributed by atoms with van der Waals surface area (Å²) in [5.74, 6) is -1.15. The number of rotatable bonds is 1. The molecule has 4 nitrogen and oxygen atoms in total. The number of halogens is 2. The average molecular weight is 182 g/mol. The predicted molar refractivity (Wildman–Crippen MR) is 39.5 cm³/mol. The van der Waals surface area contributed by atoms with Gasteiger partial charge in [-0.1, -0.05) is 0 Å². The topological polar surface area (TPSA) is 54.5 Å². The van der Waals surface area contributed by atoms with Crippen molar-refractivity contribution in [1.82, 2.24) is 20.6 Å². The van der Waals surface area contributed by atoms with Crippen LogP contribution in [-0.2, 0) is 0 Å². The number of aromatic amines is 1. The molecule has 2 rings (SSSR count). The van der Waals surface area contributed by atoms with Crippen molar-refractivity contribution in [2.24, 2.45) is 0 Å². The van der Waals surface area contributed by atoms with Crippen LogP contribution >= 0.6 is 0 Å². The van der Waals surface area contributed by atoms with Gasteiger partial charge in [-0.15, -0.1) is 5.10 Å². The highest BCUT2D eigenvalue weighted by Gasteiger charge is 2.08. The van der Waals surface area contributed by atoms with Gasteiger partial charge in [0.05, 0.1) is 5.56 Å². The highest BCUT2D eigenvalue weighted by atomic mass is 19.1. The SMILES string of the molecule is Fc1ccc(-c2nnn[nH]2)c(F)c1. The summed E-state index contributed by atoms with van der Waals surface area (Å²) >= 11 is 0. The molecule has 0 saturated carbocycles. The van der Waals surface area contributed by atoms with E-state index >= 15 is 0 Å². The second-order valence-corrected chi connectivity index (χ2v) is 2.37. The van der Waals surface area contributed by atoms with Gasteiger partial charge < -0.3 is 0 Å². The van der Waals surface area contributed by atoms with E-state index in [9.17, 15) is 8.78 Å². The van der Waals surface area contributed by atoms with Crippen LogP contribution in [-0.4, -0.2) is 20.6 Å². The molecule has 1 N–H and O–H groups in total. The molecule has 1 aromatic carbocycles. The minimum Gasteiger partial charge on any atom is -0.239 e. The van der Waals surface area contributed by atoms with Gasteiger partial charge in [0.15, 0.2) is 5.82 Å². The maximum absolute atomic E-state index is 13.1. The third-order valence-electron chi connectivity index (χ3n) is 1.53. The Kier molecular flexibility index (Phi) is 1.73. The molecule has 0 spiro atoms. The van der Waals surface area contributed by atoms with Crippen LogP contribution in [0.4, 0.5) is 8.78 Å². The fraction of sp³-hybridized carbons (Fsp3) is 0. The molecule has 0 aliphatic carbocycles. The summed E-state index contributed by atoms with van der Waals surface area (Å²) in [5, 5.41) is 12.4. The zero-order valence-corrected chi connectivity index (χ0v) is 6.33. The highest BCUT2D eigenvalue weighted by molar-refractivity contribution is 5.54. The number of H-pyrrole nitrogens is 1. The molecule has 0 amide bonds. The lowest BCUT2D eigenvalue weighted by Gasteiger charge is -1.96. The van der Waals surface area contributed by atoms with Gasteiger partial charge in [0.1, 0.15) is 11.6 Å². The Balaban J connectivity index is 2.53. The van der Waals surface area contributed by atoms with Gasteiger partial charge >= 0.3 is 0 Å². The van der Waals surface area contributed by atoms with Crippen LogP contribution in [0.1, 0.15) is 0 Å². The predicted octanol–water partition coefficient (Wildman–Crippen LogP) is 1.14. The van der Waals surface area contributed by atoms with Crippen molar-refractivity contribution in [3.8, 4) is 11.4 Å². The van der Waals surface area contributed by atoms with Crippen molar-refractivity contribution in [3.63, 3.8) is 0 Å². The fourth-order valence-electron chi connectivity index (χ4n) is 0.955. The molecule has 0 fully saturated rings. The summed E-state index contributed by atoms with van der Waals surface area (Å²) in [5.41, 5.74) is 0.145. The summed E-state index contributed by atoms with van der Waals surface area (Å²) in [7, 11) is 0. The molecule has 2 aromatic rings. The van der Waals surface area contributed by atoms with E-state index in [0.717, 1.165) is 12.1 Å². The Morgan fingerprint density at radius 1 is 1.23 bits per heavy atom. The largest absolute Gasteiger partial charge is 0.239 e. The van der Waals surface area contributed by atoms with E-state index in [4.69, 9.17) is 0 Å². The molecule has 13 heavy (non-hydrogen) atoms. The number of benzene rings is 1. The minimum atomic E-state index is -0.696. The standard InChI is InChI=1S/C7H4F2N4/c8-4-1-2-5(6(9)3-4)7-10-12-13-11-7/h1-3H,(H,10,11,12,13). The van der Waals surface area contributed by atoms with E-state index in [0.29, 0.717) is 0 Å². The van der Waals surface area contributed by atoms with Crippen LogP contribution in [0.25, 0.3) is 11.4 Å². The molecule has 0 atom stereocenters. The van der Waals surface area contributed by atoms with Crippen LogP contribution in [0.3, 0.4) is 0 Å². The second kappa shape index (κ2) is 2.89. The van der Waals surface area contributed by atoms with Crippen molar-refractivity contribution in [2.75, 3.05) is 0 Å². The molecule has 0 unspecified atom stereocenters. The van der Waals surface area contributed by atoms with Crippen LogP contribution in [0.5, 0.6) is 0 Å². The summed E-state index contributed by atoms with van der Waals surface area (Å²) in [6, 6.07) is 3.19. The maximum Gasteiger partial charge on any atom is 0.182 e. The van der Waals surface area contributed by atoms with E-state index in [1.165, 1.54) is 6.07 Å². The Morgan fingerprint density at radius 3 is 2.69 bits per heavy atom. The summed E-state index contributed by atoms with van der Waals surface area (Å²) in [6.45, 7) is 0. The number of hydrogen-bond donors (Lipinski definition) is 1. The molecule has 0 radical (unpaired) electrons. The van der Waals surface area contributed by atoms with E-state index < -0.39 is 11.6 Å². The van der Waals surface area contributed by atoms with E-state index in [1.807, 2.05) is 0 Å². The van der Waals surface area contributed by atoms with E-state index in [-0.39, 0.29) is 11.4 Å². The fourth-order valence-corrected chi connectivity index (χ4v) is 0.955. The minimum absolute atomic E-state index is 0.145. The van der Waals surface area contributed by atoms with Crippen LogP contribution in [0, 0.1) is 11.6 Å². The normalized spacial score (nSPS) is 10.3. The summed E-state index contributed by atoms with van der Waals surface area (Å²) in [4.78, 5) is 0. The zero-order chi connectivity index (χ0) is 9.26. The molecule has 1 heterocycles. The maximum atomic E-state index is 13.1. The molecular formula is C7H4F2N4. The smallest absolute Gasteiger partial charge is 0.182 e. The Bertz CT molecular complexity index is 412. The van der Waals surface area contributed by atoms with Gasteiger partial charge in [-0.2, -0.15) is 0 Å². The van der Waals surface area contributed by atoms with Gasteiger partial charge in [0.25, 0.3) is 0 Å². The summed E-state index contributed by atoms with van der Waals surface area (Å²) < 4.78 is 25.5. The van der Waals surface area contributed by atoms with Crippen molar-refractivity contribution in [3.05, 3.63) is 29.8 Å². The van der Waals surface area contributed by atoms with Crippen molar-refractivity contribution in [2.45, 2.75) is 0 Å². The second-order valence-electron chi connectivity index (χ2n) is 2.37. The first kappa shape index (κ1) is 7.78. The number of nitrogens with one attached hydrogen (secondary N) is 1. The molecular weight excluding hydrogens is 178 g/mol. The van der Waals surface area contributed by atoms with Gasteiger partial charge in [-0.3, -0.25) is 0 Å². The molecule has 0 aliphatic rings. The van der Waals surface area contributed by atoms with Crippen LogP contribution in [0.15, 0.2) is 18.2 Å². The van der Waals surface area contributed by atoms with Gasteiger partial charge in [0, 0.05) is 6.07 Å². The Hall–Kier alpha value is -1.85. The van der Waals surface area contributed by atoms with Crippen molar-refractivity contribution in [1.29, 1.82) is 0 Å². The molecule has 0 saturated heterocycles. The quantitative estimate of drug-likeness (QED) is 0.719. The lowest BCUT2D eigenvalue weighted by molar-refractivity contribution is 0.585. The first-order valence-electron chi connectivity index (χ1n) is 3.46. The van der Waals surface area contributed by atoms with Gasteiger partial charge in [-0.25, -0.2) is 13.9 Å². The Labute approximate surface area is 71.6 Å². The summed E-state index contributed by atoms with van der Waals surface area (Å²) in [6.07, 6.45) is 0. The number of hydrogen-bond acceptors (Lipinski definition) is 3. The Morgan fingerprint density at radius 2 is 2.08 bits per heavy atom. The van der Waals surface area contributed by atoms with E-state index in [1.54, 1.807) is 0 Å². The average Bonchev–Trinajstić information content (AvgIpc) is 2.56. The van der Waals surface area contributed by atoms with Crippen molar-refractivity contribution < 1.29 is 8.78 Å². The van der Waals surface area contributed by atoms with Gasteiger partial charge in [-0.05, 0) is 22.6 Å². The van der Waals surface area contributed by atoms with Crippen molar-refractivity contribution >= 4 is 0 Å². The first-order valence-corrected chi connectivity index (χ1v) is 3.46. The third kappa shape index (κ3) is 1.37. The number of nitrogens with zero attached hydrogens (tertiary/aromatic N) is 3. The molecule has 6 heteroatoms. The zero-order valence-electron chi connectivity index (χ0n) is 6.33. The molecule has 0 aliphatic heterocycles.